The van der Waals surface area contributed by atoms with Crippen molar-refractivity contribution in [3.63, 3.8) is 0 Å². The van der Waals surface area contributed by atoms with Crippen LogP contribution < -0.4 is 5.32 Å². The summed E-state index contributed by atoms with van der Waals surface area (Å²) in [7, 11) is 0. The van der Waals surface area contributed by atoms with Crippen molar-refractivity contribution in [1.82, 2.24) is 14.9 Å². The first-order valence-electron chi connectivity index (χ1n) is 13.1. The van der Waals surface area contributed by atoms with Crippen LogP contribution >= 0.6 is 11.6 Å². The van der Waals surface area contributed by atoms with Gasteiger partial charge in [-0.25, -0.2) is 9.37 Å². The molecular weight excluding hydrogens is 541 g/mol. The standard InChI is InChI=1S/C29H35ClFN3O6/c1-17(2)27-26(29(40)32-22(16-35)13-18-3-7-20(30)8-4-18)33-28(19-5-9-21(31)10-6-19)34(27)12-11-23(36)14-24(37)15-25(38)39/h3-10,17,22-24,35-37H,11-16H2,1-2H3,(H,32,40)(H,38,39)/t22?,23-,24-/m1/s1. The van der Waals surface area contributed by atoms with E-state index in [1.807, 2.05) is 26.0 Å². The second-order valence-electron chi connectivity index (χ2n) is 10.1. The summed E-state index contributed by atoms with van der Waals surface area (Å²) >= 11 is 5.96. The van der Waals surface area contributed by atoms with Crippen LogP contribution in [-0.2, 0) is 17.8 Å². The van der Waals surface area contributed by atoms with E-state index in [4.69, 9.17) is 16.7 Å². The van der Waals surface area contributed by atoms with E-state index in [2.05, 4.69) is 10.3 Å². The van der Waals surface area contributed by atoms with E-state index >= 15 is 0 Å². The summed E-state index contributed by atoms with van der Waals surface area (Å²) < 4.78 is 15.5. The zero-order chi connectivity index (χ0) is 29.4. The van der Waals surface area contributed by atoms with Crippen molar-refractivity contribution in [2.75, 3.05) is 6.61 Å². The Labute approximate surface area is 237 Å². The van der Waals surface area contributed by atoms with Crippen LogP contribution in [0.25, 0.3) is 11.4 Å². The number of nitrogens with one attached hydrogen (secondary N) is 1. The van der Waals surface area contributed by atoms with Gasteiger partial charge in [-0.05, 0) is 67.1 Å². The number of nitrogens with zero attached hydrogens (tertiary/aromatic N) is 2. The Kier molecular flexibility index (Phi) is 11.2. The molecule has 0 aliphatic carbocycles. The van der Waals surface area contributed by atoms with E-state index in [0.29, 0.717) is 28.5 Å². The lowest BCUT2D eigenvalue weighted by Gasteiger charge is -2.19. The second kappa shape index (κ2) is 14.4. The Hall–Kier alpha value is -3.31. The molecule has 3 rings (SSSR count). The highest BCUT2D eigenvalue weighted by Gasteiger charge is 2.27. The third-order valence-electron chi connectivity index (χ3n) is 6.46. The smallest absolute Gasteiger partial charge is 0.305 e. The summed E-state index contributed by atoms with van der Waals surface area (Å²) in [5.74, 6) is -1.87. The van der Waals surface area contributed by atoms with Gasteiger partial charge in [-0.2, -0.15) is 0 Å². The van der Waals surface area contributed by atoms with Crippen molar-refractivity contribution in [2.24, 2.45) is 0 Å². The Morgan fingerprint density at radius 3 is 2.27 bits per heavy atom. The number of carbonyl (C=O) groups excluding carboxylic acids is 1. The number of aliphatic hydroxyl groups excluding tert-OH is 3. The Balaban J connectivity index is 1.91. The summed E-state index contributed by atoms with van der Waals surface area (Å²) in [6, 6.07) is 12.2. The molecule has 0 bridgehead atoms. The summed E-state index contributed by atoms with van der Waals surface area (Å²) in [6.45, 7) is 3.68. The van der Waals surface area contributed by atoms with Gasteiger partial charge in [0.2, 0.25) is 0 Å². The number of carboxylic acid groups (broad SMARTS) is 1. The summed E-state index contributed by atoms with van der Waals surface area (Å²) in [5, 5.41) is 42.7. The molecule has 0 spiro atoms. The van der Waals surface area contributed by atoms with Crippen molar-refractivity contribution in [1.29, 1.82) is 0 Å². The maximum atomic E-state index is 13.7. The number of aliphatic carboxylic acids is 1. The fourth-order valence-electron chi connectivity index (χ4n) is 4.58. The van der Waals surface area contributed by atoms with Crippen molar-refractivity contribution in [3.8, 4) is 11.4 Å². The number of halogens is 2. The van der Waals surface area contributed by atoms with Crippen molar-refractivity contribution >= 4 is 23.5 Å². The number of aromatic nitrogens is 2. The lowest BCUT2D eigenvalue weighted by molar-refractivity contribution is -0.139. The van der Waals surface area contributed by atoms with E-state index in [9.17, 15) is 29.3 Å². The SMILES string of the molecule is CC(C)c1c(C(=O)NC(CO)Cc2ccc(Cl)cc2)nc(-c2ccc(F)cc2)n1CC[C@@H](O)C[C@@H](O)CC(=O)O. The number of aliphatic hydroxyl groups is 3. The zero-order valence-electron chi connectivity index (χ0n) is 22.4. The van der Waals surface area contributed by atoms with E-state index in [-0.39, 0.29) is 37.6 Å². The molecule has 3 atom stereocenters. The summed E-state index contributed by atoms with van der Waals surface area (Å²) in [4.78, 5) is 29.0. The van der Waals surface area contributed by atoms with Gasteiger partial charge in [0.15, 0.2) is 0 Å². The van der Waals surface area contributed by atoms with Crippen LogP contribution in [0.3, 0.4) is 0 Å². The van der Waals surface area contributed by atoms with Gasteiger partial charge >= 0.3 is 5.97 Å². The van der Waals surface area contributed by atoms with Crippen LogP contribution in [0.2, 0.25) is 5.02 Å². The molecule has 5 N–H and O–H groups in total. The van der Waals surface area contributed by atoms with Gasteiger partial charge < -0.3 is 30.3 Å². The van der Waals surface area contributed by atoms with Crippen molar-refractivity contribution in [2.45, 2.75) is 70.2 Å². The second-order valence-corrected chi connectivity index (χ2v) is 10.5. The first-order chi connectivity index (χ1) is 19.0. The minimum atomic E-state index is -1.20. The molecule has 0 aliphatic rings. The molecule has 1 amide bonds. The Morgan fingerprint density at radius 1 is 1.05 bits per heavy atom. The average molecular weight is 576 g/mol. The van der Waals surface area contributed by atoms with Crippen molar-refractivity contribution in [3.05, 3.63) is 76.3 Å². The van der Waals surface area contributed by atoms with E-state index in [1.54, 1.807) is 28.8 Å². The van der Waals surface area contributed by atoms with E-state index < -0.39 is 42.4 Å². The first-order valence-corrected chi connectivity index (χ1v) is 13.5. The highest BCUT2D eigenvalue weighted by Crippen LogP contribution is 2.29. The summed E-state index contributed by atoms with van der Waals surface area (Å²) in [5.41, 5.74) is 2.16. The highest BCUT2D eigenvalue weighted by atomic mass is 35.5. The van der Waals surface area contributed by atoms with Gasteiger partial charge in [-0.3, -0.25) is 9.59 Å². The van der Waals surface area contributed by atoms with Crippen LogP contribution in [0.15, 0.2) is 48.5 Å². The van der Waals surface area contributed by atoms with Crippen LogP contribution in [-0.4, -0.2) is 66.7 Å². The van der Waals surface area contributed by atoms with Gasteiger partial charge in [0.25, 0.3) is 5.91 Å². The minimum Gasteiger partial charge on any atom is -0.481 e. The molecule has 1 aromatic heterocycles. The molecule has 9 nitrogen and oxygen atoms in total. The topological polar surface area (TPSA) is 145 Å². The summed E-state index contributed by atoms with van der Waals surface area (Å²) in [6.07, 6.45) is -2.29. The third kappa shape index (κ3) is 8.59. The first kappa shape index (κ1) is 31.2. The third-order valence-corrected chi connectivity index (χ3v) is 6.71. The van der Waals surface area contributed by atoms with E-state index in [0.717, 1.165) is 5.56 Å². The molecule has 11 heteroatoms. The van der Waals surface area contributed by atoms with Crippen LogP contribution in [0, 0.1) is 5.82 Å². The molecule has 3 aromatic rings. The van der Waals surface area contributed by atoms with Crippen LogP contribution in [0.1, 0.15) is 60.8 Å². The maximum absolute atomic E-state index is 13.7. The number of hydrogen-bond donors (Lipinski definition) is 5. The fraction of sp³-hybridized carbons (Fsp3) is 0.414. The van der Waals surface area contributed by atoms with Gasteiger partial charge in [-0.1, -0.05) is 37.6 Å². The van der Waals surface area contributed by atoms with Gasteiger partial charge in [-0.15, -0.1) is 0 Å². The number of rotatable bonds is 14. The molecule has 40 heavy (non-hydrogen) atoms. The maximum Gasteiger partial charge on any atom is 0.305 e. The van der Waals surface area contributed by atoms with E-state index in [1.165, 1.54) is 12.1 Å². The molecule has 1 unspecified atom stereocenters. The minimum absolute atomic E-state index is 0.125. The fourth-order valence-corrected chi connectivity index (χ4v) is 4.70. The Bertz CT molecular complexity index is 1280. The van der Waals surface area contributed by atoms with Crippen LogP contribution in [0.4, 0.5) is 4.39 Å². The molecule has 2 aromatic carbocycles. The molecule has 0 saturated heterocycles. The lowest BCUT2D eigenvalue weighted by atomic mass is 10.0. The molecule has 1 heterocycles. The quantitative estimate of drug-likeness (QED) is 0.197. The van der Waals surface area contributed by atoms with Crippen molar-refractivity contribution < 1.29 is 34.4 Å². The predicted molar refractivity (Wildman–Crippen MR) is 149 cm³/mol. The molecular formula is C29H35ClFN3O6. The number of carboxylic acids is 1. The molecule has 0 fully saturated rings. The molecule has 216 valence electrons. The number of hydrogen-bond acceptors (Lipinski definition) is 6. The highest BCUT2D eigenvalue weighted by molar-refractivity contribution is 6.30. The van der Waals surface area contributed by atoms with Gasteiger partial charge in [0, 0.05) is 17.1 Å². The average Bonchev–Trinajstić information content (AvgIpc) is 3.28. The molecule has 0 saturated carbocycles. The predicted octanol–water partition coefficient (Wildman–Crippen LogP) is 3.78. The molecule has 0 radical (unpaired) electrons. The van der Waals surface area contributed by atoms with Gasteiger partial charge in [0.05, 0.1) is 37.0 Å². The molecule has 0 aliphatic heterocycles. The number of benzene rings is 2. The lowest BCUT2D eigenvalue weighted by Crippen LogP contribution is -2.39. The largest absolute Gasteiger partial charge is 0.481 e. The Morgan fingerprint density at radius 2 is 1.70 bits per heavy atom. The normalized spacial score (nSPS) is 13.7. The number of carbonyl (C=O) groups is 2. The van der Waals surface area contributed by atoms with Gasteiger partial charge in [0.1, 0.15) is 17.3 Å². The zero-order valence-corrected chi connectivity index (χ0v) is 23.2. The monoisotopic (exact) mass is 575 g/mol. The number of amides is 1. The number of imidazole rings is 1. The van der Waals surface area contributed by atoms with Crippen LogP contribution in [0.5, 0.6) is 0 Å².